The molecule has 4 heterocycles. The molecule has 204 valence electrons. The zero-order valence-electron chi connectivity index (χ0n) is 22.6. The van der Waals surface area contributed by atoms with Crippen LogP contribution in [0.15, 0.2) is 48.7 Å². The number of likely N-dealkylation sites (tertiary alicyclic amines) is 2. The lowest BCUT2D eigenvalue weighted by Gasteiger charge is -2.41. The number of nitrogens with zero attached hydrogens (tertiary/aromatic N) is 3. The summed E-state index contributed by atoms with van der Waals surface area (Å²) in [6, 6.07) is 14.3. The molecular weight excluding hydrogens is 476 g/mol. The second-order valence-electron chi connectivity index (χ2n) is 11.3. The Balaban J connectivity index is 1.12. The Kier molecular flexibility index (Phi) is 8.94. The fraction of sp³-hybridized carbons (Fsp3) is 0.581. The summed E-state index contributed by atoms with van der Waals surface area (Å²) in [5, 5.41) is 3.21. The van der Waals surface area contributed by atoms with Gasteiger partial charge in [0.15, 0.2) is 0 Å². The van der Waals surface area contributed by atoms with Crippen LogP contribution in [0.4, 0.5) is 0 Å². The van der Waals surface area contributed by atoms with Gasteiger partial charge in [-0.2, -0.15) is 0 Å². The molecule has 3 aliphatic rings. The third kappa shape index (κ3) is 6.73. The van der Waals surface area contributed by atoms with Crippen LogP contribution in [0.25, 0.3) is 0 Å². The summed E-state index contributed by atoms with van der Waals surface area (Å²) in [4.78, 5) is 35.2. The Morgan fingerprint density at radius 1 is 1.03 bits per heavy atom. The molecule has 0 radical (unpaired) electrons. The first-order valence-corrected chi connectivity index (χ1v) is 14.5. The highest BCUT2D eigenvalue weighted by molar-refractivity contribution is 5.83. The van der Waals surface area contributed by atoms with Crippen molar-refractivity contribution >= 4 is 11.8 Å². The topological polar surface area (TPSA) is 74.8 Å². The minimum absolute atomic E-state index is 0.192. The predicted octanol–water partition coefficient (Wildman–Crippen LogP) is 3.87. The maximum Gasteiger partial charge on any atom is 0.236 e. The van der Waals surface area contributed by atoms with Crippen LogP contribution in [-0.4, -0.2) is 72.5 Å². The smallest absolute Gasteiger partial charge is 0.236 e. The molecule has 1 atom stereocenters. The summed E-state index contributed by atoms with van der Waals surface area (Å²) in [5.41, 5.74) is 2.04. The largest absolute Gasteiger partial charge is 0.493 e. The standard InChI is InChI=1S/C31H42N4O3/c36-29(35-18-12-25(23-35)22-27-10-4-6-16-32-27)24-34-19-14-31(15-20-34)13-5-3-9-26-8-1-2-11-28(26)38-21-7-17-33-30(31)37/h1-2,4,6,8,10-11,16,25H,3,5,7,9,12-15,17-24H2,(H,33,37). The maximum atomic E-state index is 13.4. The van der Waals surface area contributed by atoms with E-state index in [4.69, 9.17) is 4.74 Å². The lowest BCUT2D eigenvalue weighted by Crippen LogP contribution is -2.51. The van der Waals surface area contributed by atoms with Crippen molar-refractivity contribution in [1.29, 1.82) is 0 Å². The maximum absolute atomic E-state index is 13.4. The van der Waals surface area contributed by atoms with E-state index in [1.807, 2.05) is 29.3 Å². The fourth-order valence-corrected chi connectivity index (χ4v) is 6.34. The Labute approximate surface area is 226 Å². The number of ether oxygens (including phenoxy) is 1. The molecule has 1 unspecified atom stereocenters. The van der Waals surface area contributed by atoms with Gasteiger partial charge in [0, 0.05) is 31.5 Å². The van der Waals surface area contributed by atoms with Crippen LogP contribution in [-0.2, 0) is 22.4 Å². The number of aromatic nitrogens is 1. The van der Waals surface area contributed by atoms with Gasteiger partial charge in [-0.25, -0.2) is 0 Å². The van der Waals surface area contributed by atoms with Crippen LogP contribution >= 0.6 is 0 Å². The number of benzene rings is 1. The molecule has 0 saturated carbocycles. The van der Waals surface area contributed by atoms with Crippen molar-refractivity contribution in [3.63, 3.8) is 0 Å². The number of rotatable bonds is 4. The fourth-order valence-electron chi connectivity index (χ4n) is 6.34. The van der Waals surface area contributed by atoms with Crippen LogP contribution in [0, 0.1) is 11.3 Å². The van der Waals surface area contributed by atoms with Crippen LogP contribution < -0.4 is 10.1 Å². The molecule has 3 aliphatic heterocycles. The van der Waals surface area contributed by atoms with Crippen molar-refractivity contribution in [2.45, 2.75) is 57.8 Å². The molecule has 2 fully saturated rings. The molecule has 38 heavy (non-hydrogen) atoms. The summed E-state index contributed by atoms with van der Waals surface area (Å²) in [6.45, 7) is 4.97. The number of carbonyl (C=O) groups is 2. The van der Waals surface area contributed by atoms with Gasteiger partial charge in [0.05, 0.1) is 18.6 Å². The highest BCUT2D eigenvalue weighted by Gasteiger charge is 2.41. The van der Waals surface area contributed by atoms with Crippen LogP contribution in [0.5, 0.6) is 5.75 Å². The molecule has 2 saturated heterocycles. The SMILES string of the molecule is O=C(CN1CCC2(CCCCc3ccccc3OCCCNC2=O)CC1)N1CCC(Cc2ccccn2)C1. The molecule has 7 heteroatoms. The second-order valence-corrected chi connectivity index (χ2v) is 11.3. The van der Waals surface area contributed by atoms with E-state index >= 15 is 0 Å². The summed E-state index contributed by atoms with van der Waals surface area (Å²) >= 11 is 0. The predicted molar refractivity (Wildman–Crippen MR) is 148 cm³/mol. The number of hydrogen-bond acceptors (Lipinski definition) is 5. The third-order valence-electron chi connectivity index (χ3n) is 8.70. The molecular formula is C31H42N4O3. The minimum Gasteiger partial charge on any atom is -0.493 e. The number of carbonyl (C=O) groups excluding carboxylic acids is 2. The number of pyridine rings is 1. The second kappa shape index (κ2) is 12.7. The zero-order chi connectivity index (χ0) is 26.2. The lowest BCUT2D eigenvalue weighted by atomic mass is 9.73. The molecule has 1 aromatic heterocycles. The van der Waals surface area contributed by atoms with Gasteiger partial charge in [0.1, 0.15) is 5.75 Å². The van der Waals surface area contributed by atoms with E-state index in [1.165, 1.54) is 5.56 Å². The van der Waals surface area contributed by atoms with E-state index in [0.29, 0.717) is 25.6 Å². The molecule has 0 bridgehead atoms. The Morgan fingerprint density at radius 2 is 1.87 bits per heavy atom. The van der Waals surface area contributed by atoms with Crippen molar-refractivity contribution in [3.8, 4) is 5.75 Å². The van der Waals surface area contributed by atoms with Crippen molar-refractivity contribution in [2.24, 2.45) is 11.3 Å². The van der Waals surface area contributed by atoms with Crippen molar-refractivity contribution in [3.05, 3.63) is 59.9 Å². The number of hydrogen-bond donors (Lipinski definition) is 1. The number of amides is 2. The average molecular weight is 519 g/mol. The van der Waals surface area contributed by atoms with E-state index in [2.05, 4.69) is 39.5 Å². The van der Waals surface area contributed by atoms with Gasteiger partial charge in [0.25, 0.3) is 0 Å². The zero-order valence-corrected chi connectivity index (χ0v) is 22.6. The van der Waals surface area contributed by atoms with Crippen molar-refractivity contribution < 1.29 is 14.3 Å². The van der Waals surface area contributed by atoms with Gasteiger partial charge >= 0.3 is 0 Å². The van der Waals surface area contributed by atoms with E-state index in [9.17, 15) is 9.59 Å². The molecule has 0 aliphatic carbocycles. The van der Waals surface area contributed by atoms with E-state index in [1.54, 1.807) is 0 Å². The van der Waals surface area contributed by atoms with Gasteiger partial charge in [-0.15, -0.1) is 0 Å². The van der Waals surface area contributed by atoms with Crippen LogP contribution in [0.2, 0.25) is 0 Å². The third-order valence-corrected chi connectivity index (χ3v) is 8.70. The van der Waals surface area contributed by atoms with E-state index in [0.717, 1.165) is 95.4 Å². The average Bonchev–Trinajstić information content (AvgIpc) is 3.41. The van der Waals surface area contributed by atoms with Gasteiger partial charge < -0.3 is 15.0 Å². The number of aryl methyl sites for hydroxylation is 1. The number of piperidine rings is 1. The monoisotopic (exact) mass is 518 g/mol. The normalized spacial score (nSPS) is 22.9. The number of para-hydroxylation sites is 1. The molecule has 1 spiro atoms. The molecule has 1 aromatic carbocycles. The Bertz CT molecular complexity index is 1070. The molecule has 1 N–H and O–H groups in total. The molecule has 7 nitrogen and oxygen atoms in total. The van der Waals surface area contributed by atoms with Crippen LogP contribution in [0.1, 0.15) is 56.2 Å². The Hall–Kier alpha value is -2.93. The first kappa shape index (κ1) is 26.7. The Morgan fingerprint density at radius 3 is 2.71 bits per heavy atom. The molecule has 5 rings (SSSR count). The van der Waals surface area contributed by atoms with E-state index in [-0.39, 0.29) is 17.2 Å². The summed E-state index contributed by atoms with van der Waals surface area (Å²) in [6.07, 6.45) is 10.2. The van der Waals surface area contributed by atoms with Crippen LogP contribution in [0.3, 0.4) is 0 Å². The van der Waals surface area contributed by atoms with Gasteiger partial charge in [0.2, 0.25) is 11.8 Å². The summed E-state index contributed by atoms with van der Waals surface area (Å²) in [7, 11) is 0. The van der Waals surface area contributed by atoms with Gasteiger partial charge in [-0.05, 0) is 94.1 Å². The van der Waals surface area contributed by atoms with Gasteiger partial charge in [-0.1, -0.05) is 30.7 Å². The van der Waals surface area contributed by atoms with E-state index < -0.39 is 0 Å². The van der Waals surface area contributed by atoms with Gasteiger partial charge in [-0.3, -0.25) is 19.5 Å². The highest BCUT2D eigenvalue weighted by Crippen LogP contribution is 2.38. The first-order chi connectivity index (χ1) is 18.6. The highest BCUT2D eigenvalue weighted by atomic mass is 16.5. The summed E-state index contributed by atoms with van der Waals surface area (Å²) < 4.78 is 6.01. The van der Waals surface area contributed by atoms with Crippen molar-refractivity contribution in [2.75, 3.05) is 45.9 Å². The molecule has 2 aromatic rings. The first-order valence-electron chi connectivity index (χ1n) is 14.5. The quantitative estimate of drug-likeness (QED) is 0.665. The molecule has 2 amide bonds. The number of nitrogens with one attached hydrogen (secondary N) is 1. The lowest BCUT2D eigenvalue weighted by molar-refractivity contribution is -0.136. The summed E-state index contributed by atoms with van der Waals surface area (Å²) in [5.74, 6) is 1.88. The number of fused-ring (bicyclic) bond motifs is 1. The minimum atomic E-state index is -0.324. The van der Waals surface area contributed by atoms with Crippen molar-refractivity contribution in [1.82, 2.24) is 20.1 Å².